The number of nitrogens with zero attached hydrogens (tertiary/aromatic N) is 3. The number of nitrogens with one attached hydrogen (secondary N) is 1. The maximum absolute atomic E-state index is 4.24. The summed E-state index contributed by atoms with van der Waals surface area (Å²) in [5.41, 5.74) is 1.31. The number of rotatable bonds is 6. The van der Waals surface area contributed by atoms with Crippen LogP contribution in [0.25, 0.3) is 0 Å². The SMILES string of the molecule is CCCNC1CCCC1N(C)Cc1cnn(C)c1. The summed E-state index contributed by atoms with van der Waals surface area (Å²) in [7, 11) is 4.22. The Morgan fingerprint density at radius 1 is 1.50 bits per heavy atom. The van der Waals surface area contributed by atoms with Gasteiger partial charge in [0.15, 0.2) is 0 Å². The minimum Gasteiger partial charge on any atom is -0.312 e. The van der Waals surface area contributed by atoms with Crippen molar-refractivity contribution in [2.24, 2.45) is 7.05 Å². The highest BCUT2D eigenvalue weighted by Crippen LogP contribution is 2.24. The third kappa shape index (κ3) is 3.33. The molecule has 0 aliphatic heterocycles. The van der Waals surface area contributed by atoms with Gasteiger partial charge in [0.2, 0.25) is 0 Å². The lowest BCUT2D eigenvalue weighted by atomic mass is 10.1. The third-order valence-corrected chi connectivity index (χ3v) is 3.89. The number of hydrogen-bond acceptors (Lipinski definition) is 3. The van der Waals surface area contributed by atoms with Crippen LogP contribution < -0.4 is 5.32 Å². The molecule has 0 spiro atoms. The molecule has 1 aromatic rings. The van der Waals surface area contributed by atoms with E-state index in [4.69, 9.17) is 0 Å². The zero-order chi connectivity index (χ0) is 13.0. The smallest absolute Gasteiger partial charge is 0.0534 e. The van der Waals surface area contributed by atoms with E-state index in [1.54, 1.807) is 0 Å². The van der Waals surface area contributed by atoms with Crippen LogP contribution in [0, 0.1) is 0 Å². The van der Waals surface area contributed by atoms with Crippen LogP contribution in [0.5, 0.6) is 0 Å². The molecule has 2 rings (SSSR count). The summed E-state index contributed by atoms with van der Waals surface area (Å²) in [6, 6.07) is 1.35. The van der Waals surface area contributed by atoms with E-state index in [0.29, 0.717) is 12.1 Å². The Labute approximate surface area is 110 Å². The van der Waals surface area contributed by atoms with Crippen molar-refractivity contribution in [1.82, 2.24) is 20.0 Å². The summed E-state index contributed by atoms with van der Waals surface area (Å²) in [5.74, 6) is 0. The van der Waals surface area contributed by atoms with Gasteiger partial charge in [-0.3, -0.25) is 9.58 Å². The van der Waals surface area contributed by atoms with E-state index < -0.39 is 0 Å². The van der Waals surface area contributed by atoms with E-state index >= 15 is 0 Å². The number of likely N-dealkylation sites (N-methyl/N-ethyl adjacent to an activating group) is 1. The second-order valence-corrected chi connectivity index (χ2v) is 5.50. The normalized spacial score (nSPS) is 24.0. The standard InChI is InChI=1S/C14H26N4/c1-4-8-15-13-6-5-7-14(13)17(2)10-12-9-16-18(3)11-12/h9,11,13-15H,4-8,10H2,1-3H3. The van der Waals surface area contributed by atoms with Gasteiger partial charge in [-0.05, 0) is 32.9 Å². The van der Waals surface area contributed by atoms with Crippen molar-refractivity contribution in [1.29, 1.82) is 0 Å². The Kier molecular flexibility index (Phi) is 4.78. The summed E-state index contributed by atoms with van der Waals surface area (Å²) in [4.78, 5) is 2.48. The zero-order valence-corrected chi connectivity index (χ0v) is 11.9. The van der Waals surface area contributed by atoms with Gasteiger partial charge >= 0.3 is 0 Å². The van der Waals surface area contributed by atoms with Crippen molar-refractivity contribution in [2.45, 2.75) is 51.2 Å². The summed E-state index contributed by atoms with van der Waals surface area (Å²) < 4.78 is 1.88. The average molecular weight is 250 g/mol. The van der Waals surface area contributed by atoms with Crippen LogP contribution in [-0.2, 0) is 13.6 Å². The molecule has 4 nitrogen and oxygen atoms in total. The summed E-state index contributed by atoms with van der Waals surface area (Å²) in [5, 5.41) is 7.93. The van der Waals surface area contributed by atoms with E-state index in [1.165, 1.54) is 31.2 Å². The van der Waals surface area contributed by atoms with Crippen LogP contribution >= 0.6 is 0 Å². The number of aryl methyl sites for hydroxylation is 1. The molecule has 18 heavy (non-hydrogen) atoms. The van der Waals surface area contributed by atoms with Crippen LogP contribution in [-0.4, -0.2) is 40.4 Å². The Hall–Kier alpha value is -0.870. The Morgan fingerprint density at radius 3 is 3.00 bits per heavy atom. The van der Waals surface area contributed by atoms with Gasteiger partial charge in [-0.2, -0.15) is 5.10 Å². The van der Waals surface area contributed by atoms with Gasteiger partial charge < -0.3 is 5.32 Å². The van der Waals surface area contributed by atoms with Gasteiger partial charge in [0.05, 0.1) is 6.20 Å². The van der Waals surface area contributed by atoms with Crippen molar-refractivity contribution >= 4 is 0 Å². The molecule has 2 unspecified atom stereocenters. The van der Waals surface area contributed by atoms with Gasteiger partial charge in [-0.1, -0.05) is 13.3 Å². The van der Waals surface area contributed by atoms with Crippen LogP contribution in [0.4, 0.5) is 0 Å². The highest BCUT2D eigenvalue weighted by molar-refractivity contribution is 5.04. The summed E-state index contributed by atoms with van der Waals surface area (Å²) in [6.07, 6.45) is 9.29. The van der Waals surface area contributed by atoms with Crippen molar-refractivity contribution in [3.05, 3.63) is 18.0 Å². The first-order valence-corrected chi connectivity index (χ1v) is 7.12. The largest absolute Gasteiger partial charge is 0.312 e. The molecule has 1 aliphatic carbocycles. The minimum absolute atomic E-state index is 0.673. The average Bonchev–Trinajstić information content (AvgIpc) is 2.95. The maximum atomic E-state index is 4.24. The monoisotopic (exact) mass is 250 g/mol. The highest BCUT2D eigenvalue weighted by Gasteiger charge is 2.29. The Morgan fingerprint density at radius 2 is 2.33 bits per heavy atom. The maximum Gasteiger partial charge on any atom is 0.0534 e. The molecule has 1 aliphatic rings. The zero-order valence-electron chi connectivity index (χ0n) is 11.9. The summed E-state index contributed by atoms with van der Waals surface area (Å²) in [6.45, 7) is 4.38. The van der Waals surface area contributed by atoms with Crippen molar-refractivity contribution < 1.29 is 0 Å². The molecule has 102 valence electrons. The molecule has 2 atom stereocenters. The van der Waals surface area contributed by atoms with Crippen molar-refractivity contribution in [3.8, 4) is 0 Å². The first-order valence-electron chi connectivity index (χ1n) is 7.12. The van der Waals surface area contributed by atoms with Gasteiger partial charge in [0, 0.05) is 37.4 Å². The van der Waals surface area contributed by atoms with Crippen LogP contribution in [0.3, 0.4) is 0 Å². The van der Waals surface area contributed by atoms with E-state index in [0.717, 1.165) is 13.1 Å². The molecule has 0 bridgehead atoms. The van der Waals surface area contributed by atoms with Gasteiger partial charge in [-0.25, -0.2) is 0 Å². The van der Waals surface area contributed by atoms with Crippen LogP contribution in [0.1, 0.15) is 38.2 Å². The second-order valence-electron chi connectivity index (χ2n) is 5.50. The fourth-order valence-corrected chi connectivity index (χ4v) is 2.99. The molecular weight excluding hydrogens is 224 g/mol. The van der Waals surface area contributed by atoms with Crippen LogP contribution in [0.2, 0.25) is 0 Å². The predicted octanol–water partition coefficient (Wildman–Crippen LogP) is 1.77. The fraction of sp³-hybridized carbons (Fsp3) is 0.786. The van der Waals surface area contributed by atoms with E-state index in [1.807, 2.05) is 17.9 Å². The molecule has 4 heteroatoms. The van der Waals surface area contributed by atoms with E-state index in [-0.39, 0.29) is 0 Å². The molecule has 1 fully saturated rings. The van der Waals surface area contributed by atoms with Gasteiger partial charge in [0.25, 0.3) is 0 Å². The van der Waals surface area contributed by atoms with Crippen LogP contribution in [0.15, 0.2) is 12.4 Å². The highest BCUT2D eigenvalue weighted by atomic mass is 15.2. The topological polar surface area (TPSA) is 33.1 Å². The molecule has 0 radical (unpaired) electrons. The minimum atomic E-state index is 0.673. The van der Waals surface area contributed by atoms with Gasteiger partial charge in [-0.15, -0.1) is 0 Å². The lowest BCUT2D eigenvalue weighted by Gasteiger charge is -2.30. The predicted molar refractivity (Wildman–Crippen MR) is 74.4 cm³/mol. The Balaban J connectivity index is 1.89. The van der Waals surface area contributed by atoms with Crippen molar-refractivity contribution in [3.63, 3.8) is 0 Å². The third-order valence-electron chi connectivity index (χ3n) is 3.89. The Bertz CT molecular complexity index is 360. The number of hydrogen-bond donors (Lipinski definition) is 1. The van der Waals surface area contributed by atoms with Gasteiger partial charge in [0.1, 0.15) is 0 Å². The molecule has 1 aromatic heterocycles. The first-order chi connectivity index (χ1) is 8.70. The molecule has 1 N–H and O–H groups in total. The van der Waals surface area contributed by atoms with Crippen molar-refractivity contribution in [2.75, 3.05) is 13.6 Å². The second kappa shape index (κ2) is 6.34. The molecule has 0 saturated heterocycles. The first kappa shape index (κ1) is 13.6. The molecule has 0 amide bonds. The quantitative estimate of drug-likeness (QED) is 0.835. The molecular formula is C14H26N4. The lowest BCUT2D eigenvalue weighted by Crippen LogP contribution is -2.45. The fourth-order valence-electron chi connectivity index (χ4n) is 2.99. The molecule has 1 saturated carbocycles. The molecule has 1 heterocycles. The lowest BCUT2D eigenvalue weighted by molar-refractivity contribution is 0.204. The summed E-state index contributed by atoms with van der Waals surface area (Å²) >= 11 is 0. The van der Waals surface area contributed by atoms with E-state index in [2.05, 4.69) is 35.5 Å². The van der Waals surface area contributed by atoms with E-state index in [9.17, 15) is 0 Å². The molecule has 0 aromatic carbocycles. The number of aromatic nitrogens is 2.